The number of nitrogens with zero attached hydrogens (tertiary/aromatic N) is 2. The van der Waals surface area contributed by atoms with Crippen molar-refractivity contribution < 1.29 is 9.59 Å². The first-order chi connectivity index (χ1) is 13.0. The van der Waals surface area contributed by atoms with E-state index in [1.54, 1.807) is 0 Å². The van der Waals surface area contributed by atoms with Gasteiger partial charge in [-0.15, -0.1) is 0 Å². The molecule has 1 unspecified atom stereocenters. The van der Waals surface area contributed by atoms with Crippen molar-refractivity contribution in [3.05, 3.63) is 35.0 Å². The zero-order chi connectivity index (χ0) is 19.1. The highest BCUT2D eigenvalue weighted by Gasteiger charge is 2.40. The van der Waals surface area contributed by atoms with E-state index in [2.05, 4.69) is 28.4 Å². The Labute approximate surface area is 159 Å². The summed E-state index contributed by atoms with van der Waals surface area (Å²) in [6, 6.07) is 4.51. The fourth-order valence-electron chi connectivity index (χ4n) is 4.99. The number of nitrogens with one attached hydrogen (secondary N) is 2. The monoisotopic (exact) mass is 368 g/mol. The molecule has 1 fully saturated rings. The molecule has 2 aromatic rings. The number of aromatic nitrogens is 1. The number of hydrogen-bond acceptors (Lipinski definition) is 3. The van der Waals surface area contributed by atoms with Gasteiger partial charge >= 0.3 is 6.03 Å². The van der Waals surface area contributed by atoms with Gasteiger partial charge in [0, 0.05) is 60.3 Å². The van der Waals surface area contributed by atoms with Gasteiger partial charge in [0.2, 0.25) is 0 Å². The fourth-order valence-corrected chi connectivity index (χ4v) is 4.99. The lowest BCUT2D eigenvalue weighted by atomic mass is 9.73. The van der Waals surface area contributed by atoms with Gasteiger partial charge in [-0.05, 0) is 57.0 Å². The van der Waals surface area contributed by atoms with E-state index >= 15 is 0 Å². The number of piperidine rings is 1. The molecule has 1 aromatic heterocycles. The summed E-state index contributed by atoms with van der Waals surface area (Å²) in [7, 11) is 2.14. The van der Waals surface area contributed by atoms with E-state index in [9.17, 15) is 9.59 Å². The molecule has 144 valence electrons. The van der Waals surface area contributed by atoms with Crippen LogP contribution in [0.3, 0.4) is 0 Å². The summed E-state index contributed by atoms with van der Waals surface area (Å²) >= 11 is 0. The van der Waals surface area contributed by atoms with Gasteiger partial charge in [-0.3, -0.25) is 4.79 Å². The fraction of sp³-hybridized carbons (Fsp3) is 0.524. The number of likely N-dealkylation sites (N-methyl/N-ethyl adjacent to an activating group) is 1. The zero-order valence-corrected chi connectivity index (χ0v) is 16.3. The quantitative estimate of drug-likeness (QED) is 0.816. The van der Waals surface area contributed by atoms with Crippen LogP contribution in [0.5, 0.6) is 0 Å². The minimum Gasteiger partial charge on any atom is -0.361 e. The molecular formula is C21H28N4O2. The van der Waals surface area contributed by atoms with E-state index in [0.29, 0.717) is 30.6 Å². The van der Waals surface area contributed by atoms with E-state index in [4.69, 9.17) is 0 Å². The summed E-state index contributed by atoms with van der Waals surface area (Å²) in [6.07, 6.45) is 4.92. The zero-order valence-electron chi connectivity index (χ0n) is 16.3. The van der Waals surface area contributed by atoms with Crippen LogP contribution in [0, 0.1) is 0 Å². The average molecular weight is 368 g/mol. The van der Waals surface area contributed by atoms with Crippen LogP contribution in [0.4, 0.5) is 4.79 Å². The van der Waals surface area contributed by atoms with Crippen LogP contribution in [0.25, 0.3) is 10.9 Å². The van der Waals surface area contributed by atoms with Crippen molar-refractivity contribution in [3.8, 4) is 0 Å². The van der Waals surface area contributed by atoms with Crippen LogP contribution >= 0.6 is 0 Å². The van der Waals surface area contributed by atoms with Crippen molar-refractivity contribution in [2.45, 2.75) is 44.7 Å². The van der Waals surface area contributed by atoms with Crippen LogP contribution < -0.4 is 5.32 Å². The number of aromatic amines is 1. The smallest absolute Gasteiger partial charge is 0.317 e. The largest absolute Gasteiger partial charge is 0.361 e. The topological polar surface area (TPSA) is 68.4 Å². The molecule has 0 saturated carbocycles. The summed E-state index contributed by atoms with van der Waals surface area (Å²) in [6.45, 7) is 6.28. The lowest BCUT2D eigenvalue weighted by Gasteiger charge is -2.46. The van der Waals surface area contributed by atoms with Gasteiger partial charge in [0.15, 0.2) is 0 Å². The Hall–Kier alpha value is -2.34. The standard InChI is InChI=1S/C21H28N4O2/c1-4-25(5-2)21(27)23-15-9-16-17-6-13(12-26)7-18-20(17)14(10-22-18)8-19(16)24(3)11-15/h6-7,10,12,15-16,19,22H,4-5,8-9,11H2,1-3H3,(H,23,27)/t15-,16?,19+/m0/s1. The number of carbonyl (C=O) groups is 2. The molecule has 3 atom stereocenters. The molecule has 0 bridgehead atoms. The van der Waals surface area contributed by atoms with Crippen molar-refractivity contribution in [1.29, 1.82) is 0 Å². The number of aldehydes is 1. The molecule has 27 heavy (non-hydrogen) atoms. The van der Waals surface area contributed by atoms with Crippen molar-refractivity contribution >= 4 is 23.2 Å². The van der Waals surface area contributed by atoms with Gasteiger partial charge in [0.1, 0.15) is 6.29 Å². The molecule has 2 aliphatic rings. The highest BCUT2D eigenvalue weighted by atomic mass is 16.2. The molecular weight excluding hydrogens is 340 g/mol. The van der Waals surface area contributed by atoms with E-state index in [0.717, 1.165) is 31.2 Å². The third kappa shape index (κ3) is 3.02. The third-order valence-electron chi connectivity index (χ3n) is 6.33. The van der Waals surface area contributed by atoms with E-state index in [1.807, 2.05) is 30.9 Å². The molecule has 6 heteroatoms. The average Bonchev–Trinajstić information content (AvgIpc) is 3.07. The van der Waals surface area contributed by atoms with E-state index < -0.39 is 0 Å². The van der Waals surface area contributed by atoms with Crippen molar-refractivity contribution in [1.82, 2.24) is 20.1 Å². The summed E-state index contributed by atoms with van der Waals surface area (Å²) in [5, 5.41) is 4.50. The van der Waals surface area contributed by atoms with Gasteiger partial charge in [-0.1, -0.05) is 0 Å². The Kier molecular flexibility index (Phi) is 4.68. The molecule has 1 saturated heterocycles. The SMILES string of the molecule is CCN(CC)C(=O)N[C@H]1CC2c3cc(C=O)cc4[nH]cc(c34)C[C@H]2N(C)C1. The number of likely N-dealkylation sites (tertiary alicyclic amines) is 1. The number of amides is 2. The van der Waals surface area contributed by atoms with Gasteiger partial charge in [0.25, 0.3) is 0 Å². The second kappa shape index (κ2) is 7.00. The number of hydrogen-bond donors (Lipinski definition) is 2. The Bertz CT molecular complexity index is 870. The van der Waals surface area contributed by atoms with Crippen molar-refractivity contribution in [3.63, 3.8) is 0 Å². The number of H-pyrrole nitrogens is 1. The van der Waals surface area contributed by atoms with Crippen molar-refractivity contribution in [2.24, 2.45) is 0 Å². The van der Waals surface area contributed by atoms with E-state index in [1.165, 1.54) is 16.5 Å². The molecule has 1 aliphatic carbocycles. The second-order valence-electron chi connectivity index (χ2n) is 7.84. The summed E-state index contributed by atoms with van der Waals surface area (Å²) in [4.78, 5) is 31.5. The number of rotatable bonds is 4. The first kappa shape index (κ1) is 18.0. The maximum Gasteiger partial charge on any atom is 0.317 e. The highest BCUT2D eigenvalue weighted by Crippen LogP contribution is 2.43. The first-order valence-corrected chi connectivity index (χ1v) is 9.90. The predicted molar refractivity (Wildman–Crippen MR) is 106 cm³/mol. The molecule has 0 radical (unpaired) electrons. The van der Waals surface area contributed by atoms with Gasteiger partial charge in [-0.25, -0.2) is 4.79 Å². The van der Waals surface area contributed by atoms with Crippen LogP contribution in [0.2, 0.25) is 0 Å². The van der Waals surface area contributed by atoms with Gasteiger partial charge in [-0.2, -0.15) is 0 Å². The van der Waals surface area contributed by atoms with E-state index in [-0.39, 0.29) is 12.1 Å². The Morgan fingerprint density at radius 2 is 2.15 bits per heavy atom. The summed E-state index contributed by atoms with van der Waals surface area (Å²) in [5.74, 6) is 0.316. The van der Waals surface area contributed by atoms with Crippen LogP contribution in [0.15, 0.2) is 18.3 Å². The maximum absolute atomic E-state index is 12.5. The molecule has 0 spiro atoms. The molecule has 2 heterocycles. The Morgan fingerprint density at radius 3 is 2.85 bits per heavy atom. The van der Waals surface area contributed by atoms with Crippen LogP contribution in [-0.2, 0) is 6.42 Å². The van der Waals surface area contributed by atoms with Gasteiger partial charge < -0.3 is 20.1 Å². The number of carbonyl (C=O) groups excluding carboxylic acids is 2. The Balaban J connectivity index is 1.65. The van der Waals surface area contributed by atoms with Crippen molar-refractivity contribution in [2.75, 3.05) is 26.7 Å². The molecule has 1 aromatic carbocycles. The number of benzene rings is 1. The summed E-state index contributed by atoms with van der Waals surface area (Å²) in [5.41, 5.74) is 4.33. The van der Waals surface area contributed by atoms with Gasteiger partial charge in [0.05, 0.1) is 0 Å². The molecule has 2 N–H and O–H groups in total. The third-order valence-corrected chi connectivity index (χ3v) is 6.33. The number of fused-ring (bicyclic) bond motifs is 2. The minimum absolute atomic E-state index is 0.0155. The molecule has 4 rings (SSSR count). The second-order valence-corrected chi connectivity index (χ2v) is 7.84. The van der Waals surface area contributed by atoms with Crippen LogP contribution in [-0.4, -0.2) is 65.9 Å². The normalized spacial score (nSPS) is 24.5. The first-order valence-electron chi connectivity index (χ1n) is 9.90. The predicted octanol–water partition coefficient (Wildman–Crippen LogP) is 2.74. The highest BCUT2D eigenvalue weighted by molar-refractivity contribution is 5.93. The lowest BCUT2D eigenvalue weighted by molar-refractivity contribution is 0.112. The number of urea groups is 1. The Morgan fingerprint density at radius 1 is 1.37 bits per heavy atom. The molecule has 1 aliphatic heterocycles. The summed E-state index contributed by atoms with van der Waals surface area (Å²) < 4.78 is 0. The molecule has 2 amide bonds. The molecule has 6 nitrogen and oxygen atoms in total. The lowest BCUT2D eigenvalue weighted by Crippen LogP contribution is -2.56. The minimum atomic E-state index is 0.0155. The van der Waals surface area contributed by atoms with Crippen LogP contribution in [0.1, 0.15) is 47.7 Å². The maximum atomic E-state index is 12.5.